The normalized spacial score (nSPS) is 24.1. The summed E-state index contributed by atoms with van der Waals surface area (Å²) in [4.78, 5) is 31.0. The van der Waals surface area contributed by atoms with E-state index < -0.39 is 0 Å². The number of amides is 2. The molecular formula is C20H26ClN3O2. The van der Waals surface area contributed by atoms with Crippen LogP contribution in [0, 0.1) is 5.92 Å². The summed E-state index contributed by atoms with van der Waals surface area (Å²) in [5, 5.41) is 0.782. The van der Waals surface area contributed by atoms with Crippen LogP contribution in [0.4, 0.5) is 0 Å². The van der Waals surface area contributed by atoms with Crippen LogP contribution in [0.3, 0.4) is 0 Å². The second-order valence-corrected chi connectivity index (χ2v) is 8.04. The summed E-state index contributed by atoms with van der Waals surface area (Å²) in [6.07, 6.45) is 4.21. The van der Waals surface area contributed by atoms with Crippen molar-refractivity contribution >= 4 is 23.4 Å². The number of carbonyl (C=O) groups is 2. The highest BCUT2D eigenvalue weighted by Crippen LogP contribution is 2.35. The van der Waals surface area contributed by atoms with E-state index in [1.54, 1.807) is 0 Å². The molecule has 4 rings (SSSR count). The van der Waals surface area contributed by atoms with E-state index in [1.807, 2.05) is 28.0 Å². The highest BCUT2D eigenvalue weighted by Gasteiger charge is 2.36. The van der Waals surface area contributed by atoms with E-state index in [-0.39, 0.29) is 23.8 Å². The first-order valence-electron chi connectivity index (χ1n) is 9.68. The van der Waals surface area contributed by atoms with Crippen LogP contribution < -0.4 is 0 Å². The zero-order chi connectivity index (χ0) is 18.1. The zero-order valence-corrected chi connectivity index (χ0v) is 15.8. The quantitative estimate of drug-likeness (QED) is 0.812. The van der Waals surface area contributed by atoms with E-state index in [4.69, 9.17) is 11.6 Å². The number of nitrogens with zero attached hydrogens (tertiary/aromatic N) is 3. The van der Waals surface area contributed by atoms with E-state index in [0.29, 0.717) is 32.7 Å². The Morgan fingerprint density at radius 3 is 2.35 bits per heavy atom. The lowest BCUT2D eigenvalue weighted by Crippen LogP contribution is -2.52. The molecule has 1 atom stereocenters. The molecule has 1 aromatic carbocycles. The van der Waals surface area contributed by atoms with Gasteiger partial charge in [-0.3, -0.25) is 14.5 Å². The summed E-state index contributed by atoms with van der Waals surface area (Å²) in [7, 11) is 0. The minimum Gasteiger partial charge on any atom is -0.339 e. The fraction of sp³-hybridized carbons (Fsp3) is 0.600. The Kier molecular flexibility index (Phi) is 5.18. The number of likely N-dealkylation sites (tertiary alicyclic amines) is 1. The lowest BCUT2D eigenvalue weighted by atomic mass is 10.0. The van der Waals surface area contributed by atoms with Crippen LogP contribution in [0.2, 0.25) is 5.02 Å². The van der Waals surface area contributed by atoms with Gasteiger partial charge in [0.2, 0.25) is 11.8 Å². The minimum atomic E-state index is 0.169. The van der Waals surface area contributed by atoms with Crippen molar-refractivity contribution in [2.45, 2.75) is 31.7 Å². The highest BCUT2D eigenvalue weighted by atomic mass is 35.5. The van der Waals surface area contributed by atoms with Crippen LogP contribution >= 0.6 is 11.6 Å². The van der Waals surface area contributed by atoms with Gasteiger partial charge in [0.15, 0.2) is 0 Å². The molecule has 140 valence electrons. The highest BCUT2D eigenvalue weighted by molar-refractivity contribution is 6.31. The van der Waals surface area contributed by atoms with Crippen molar-refractivity contribution in [1.29, 1.82) is 0 Å². The van der Waals surface area contributed by atoms with Crippen LogP contribution in [-0.2, 0) is 9.59 Å². The SMILES string of the molecule is O=C(CN1CCCC1c1ccccc1Cl)N1CCN(C(=O)C2CC2)CC1. The molecule has 5 nitrogen and oxygen atoms in total. The van der Waals surface area contributed by atoms with Gasteiger partial charge in [0.25, 0.3) is 0 Å². The molecule has 2 aliphatic heterocycles. The molecule has 1 saturated carbocycles. The van der Waals surface area contributed by atoms with Crippen molar-refractivity contribution in [3.05, 3.63) is 34.9 Å². The molecule has 1 aromatic rings. The van der Waals surface area contributed by atoms with Crippen molar-refractivity contribution in [1.82, 2.24) is 14.7 Å². The van der Waals surface area contributed by atoms with Gasteiger partial charge >= 0.3 is 0 Å². The molecule has 26 heavy (non-hydrogen) atoms. The Morgan fingerprint density at radius 1 is 0.962 bits per heavy atom. The molecule has 0 aromatic heterocycles. The second-order valence-electron chi connectivity index (χ2n) is 7.63. The molecule has 2 saturated heterocycles. The van der Waals surface area contributed by atoms with E-state index in [9.17, 15) is 9.59 Å². The van der Waals surface area contributed by atoms with Gasteiger partial charge in [0, 0.05) is 43.2 Å². The number of benzene rings is 1. The first-order valence-corrected chi connectivity index (χ1v) is 10.1. The fourth-order valence-corrected chi connectivity index (χ4v) is 4.41. The van der Waals surface area contributed by atoms with Crippen molar-refractivity contribution in [2.75, 3.05) is 39.3 Å². The Hall–Kier alpha value is -1.59. The number of halogens is 1. The standard InChI is InChI=1S/C20H26ClN3O2/c21-17-5-2-1-4-16(17)18-6-3-9-24(18)14-19(25)22-10-12-23(13-11-22)20(26)15-7-8-15/h1-2,4-5,15,18H,3,6-14H2. The average Bonchev–Trinajstić information content (AvgIpc) is 3.42. The molecule has 3 fully saturated rings. The third-order valence-electron chi connectivity index (χ3n) is 5.84. The van der Waals surface area contributed by atoms with Crippen molar-refractivity contribution in [3.8, 4) is 0 Å². The maximum atomic E-state index is 12.8. The van der Waals surface area contributed by atoms with Gasteiger partial charge < -0.3 is 9.80 Å². The third kappa shape index (κ3) is 3.74. The Bertz CT molecular complexity index is 683. The summed E-state index contributed by atoms with van der Waals surface area (Å²) in [6.45, 7) is 4.03. The van der Waals surface area contributed by atoms with Crippen LogP contribution in [0.1, 0.15) is 37.3 Å². The number of hydrogen-bond donors (Lipinski definition) is 0. The van der Waals surface area contributed by atoms with Gasteiger partial charge in [-0.05, 0) is 43.9 Å². The molecule has 0 spiro atoms. The monoisotopic (exact) mass is 375 g/mol. The Labute approximate surface area is 159 Å². The number of carbonyl (C=O) groups excluding carboxylic acids is 2. The number of rotatable bonds is 4. The van der Waals surface area contributed by atoms with Gasteiger partial charge in [-0.25, -0.2) is 0 Å². The topological polar surface area (TPSA) is 43.9 Å². The van der Waals surface area contributed by atoms with Crippen LogP contribution in [0.25, 0.3) is 0 Å². The fourth-order valence-electron chi connectivity index (χ4n) is 4.15. The van der Waals surface area contributed by atoms with E-state index in [1.165, 1.54) is 0 Å². The van der Waals surface area contributed by atoms with Crippen LogP contribution in [-0.4, -0.2) is 65.8 Å². The summed E-state index contributed by atoms with van der Waals surface area (Å²) in [6, 6.07) is 8.17. The number of piperazine rings is 1. The maximum Gasteiger partial charge on any atom is 0.236 e. The average molecular weight is 376 g/mol. The summed E-state index contributed by atoms with van der Waals surface area (Å²) >= 11 is 6.37. The summed E-state index contributed by atoms with van der Waals surface area (Å²) < 4.78 is 0. The predicted molar refractivity (Wildman–Crippen MR) is 101 cm³/mol. The van der Waals surface area contributed by atoms with Crippen LogP contribution in [0.15, 0.2) is 24.3 Å². The van der Waals surface area contributed by atoms with E-state index in [2.05, 4.69) is 11.0 Å². The largest absolute Gasteiger partial charge is 0.339 e. The molecule has 1 aliphatic carbocycles. The van der Waals surface area contributed by atoms with Crippen molar-refractivity contribution in [3.63, 3.8) is 0 Å². The molecule has 0 bridgehead atoms. The van der Waals surface area contributed by atoms with Crippen LogP contribution in [0.5, 0.6) is 0 Å². The molecule has 2 amide bonds. The zero-order valence-electron chi connectivity index (χ0n) is 15.1. The molecule has 0 N–H and O–H groups in total. The molecule has 1 unspecified atom stereocenters. The summed E-state index contributed by atoms with van der Waals surface area (Å²) in [5.74, 6) is 0.719. The Balaban J connectivity index is 1.33. The van der Waals surface area contributed by atoms with E-state index in [0.717, 1.165) is 42.8 Å². The number of hydrogen-bond acceptors (Lipinski definition) is 3. The molecule has 6 heteroatoms. The Morgan fingerprint density at radius 2 is 1.65 bits per heavy atom. The summed E-state index contributed by atoms with van der Waals surface area (Å²) in [5.41, 5.74) is 1.12. The smallest absolute Gasteiger partial charge is 0.236 e. The third-order valence-corrected chi connectivity index (χ3v) is 6.18. The lowest BCUT2D eigenvalue weighted by molar-refractivity contribution is -0.141. The first-order chi connectivity index (χ1) is 12.6. The molecular weight excluding hydrogens is 350 g/mol. The van der Waals surface area contributed by atoms with Gasteiger partial charge in [-0.2, -0.15) is 0 Å². The van der Waals surface area contributed by atoms with E-state index >= 15 is 0 Å². The van der Waals surface area contributed by atoms with Gasteiger partial charge in [0.05, 0.1) is 6.54 Å². The molecule has 0 radical (unpaired) electrons. The lowest BCUT2D eigenvalue weighted by Gasteiger charge is -2.36. The molecule has 3 aliphatic rings. The first kappa shape index (κ1) is 17.8. The van der Waals surface area contributed by atoms with Gasteiger partial charge in [-0.1, -0.05) is 29.8 Å². The predicted octanol–water partition coefficient (Wildman–Crippen LogP) is 2.56. The van der Waals surface area contributed by atoms with Crippen molar-refractivity contribution in [2.24, 2.45) is 5.92 Å². The minimum absolute atomic E-state index is 0.169. The second kappa shape index (κ2) is 7.57. The maximum absolute atomic E-state index is 12.8. The van der Waals surface area contributed by atoms with Gasteiger partial charge in [0.1, 0.15) is 0 Å². The van der Waals surface area contributed by atoms with Crippen molar-refractivity contribution < 1.29 is 9.59 Å². The molecule has 2 heterocycles. The van der Waals surface area contributed by atoms with Gasteiger partial charge in [-0.15, -0.1) is 0 Å².